The highest BCUT2D eigenvalue weighted by Crippen LogP contribution is 2.16. The summed E-state index contributed by atoms with van der Waals surface area (Å²) < 4.78 is 23.9. The van der Waals surface area contributed by atoms with Crippen LogP contribution >= 0.6 is 0 Å². The summed E-state index contributed by atoms with van der Waals surface area (Å²) >= 11 is 0. The van der Waals surface area contributed by atoms with E-state index in [1.54, 1.807) is 30.3 Å². The number of carboxylic acid groups (broad SMARTS) is 2. The topological polar surface area (TPSA) is 138 Å². The zero-order valence-corrected chi connectivity index (χ0v) is 13.0. The van der Waals surface area contributed by atoms with Crippen LogP contribution in [0.4, 0.5) is 0 Å². The first-order valence-electron chi connectivity index (χ1n) is 6.42. The molecule has 4 N–H and O–H groups in total. The number of benzene rings is 1. The maximum atomic E-state index is 11.8. The Balaban J connectivity index is 3.49. The third kappa shape index (κ3) is 4.66. The fraction of sp³-hybridized carbons (Fsp3) is 0.143. The van der Waals surface area contributed by atoms with E-state index in [0.29, 0.717) is 5.56 Å². The van der Waals surface area contributed by atoms with Crippen LogP contribution in [0.2, 0.25) is 0 Å². The van der Waals surface area contributed by atoms with Crippen molar-refractivity contribution in [2.45, 2.75) is 6.92 Å². The van der Waals surface area contributed by atoms with Gasteiger partial charge in [-0.05, 0) is 18.6 Å². The molecule has 124 valence electrons. The molecule has 23 heavy (non-hydrogen) atoms. The van der Waals surface area contributed by atoms with Gasteiger partial charge in [0.25, 0.3) is 0 Å². The van der Waals surface area contributed by atoms with Gasteiger partial charge in [0.2, 0.25) is 10.0 Å². The second-order valence-corrected chi connectivity index (χ2v) is 6.45. The van der Waals surface area contributed by atoms with Gasteiger partial charge in [-0.2, -0.15) is 0 Å². The molecule has 1 rings (SSSR count). The van der Waals surface area contributed by atoms with Gasteiger partial charge in [0.15, 0.2) is 5.57 Å². The van der Waals surface area contributed by atoms with Gasteiger partial charge in [-0.15, -0.1) is 0 Å². The van der Waals surface area contributed by atoms with Gasteiger partial charge in [0.1, 0.15) is 0 Å². The van der Waals surface area contributed by atoms with Crippen molar-refractivity contribution in [1.29, 1.82) is 0 Å². The molecule has 0 spiro atoms. The van der Waals surface area contributed by atoms with E-state index in [1.165, 1.54) is 13.0 Å². The summed E-state index contributed by atoms with van der Waals surface area (Å²) in [5.41, 5.74) is -1.17. The van der Waals surface area contributed by atoms with Gasteiger partial charge in [-0.3, -0.25) is 0 Å². The first-order valence-corrected chi connectivity index (χ1v) is 8.03. The minimum absolute atomic E-state index is 0.171. The molecule has 0 saturated carbocycles. The summed E-state index contributed by atoms with van der Waals surface area (Å²) in [6, 6.07) is 8.52. The Kier molecular flexibility index (Phi) is 6.05. The van der Waals surface area contributed by atoms with Crippen LogP contribution in [0, 0.1) is 0 Å². The fourth-order valence-electron chi connectivity index (χ4n) is 1.61. The molecule has 0 fully saturated rings. The predicted molar refractivity (Wildman–Crippen MR) is 83.3 cm³/mol. The lowest BCUT2D eigenvalue weighted by atomic mass is 10.1. The summed E-state index contributed by atoms with van der Waals surface area (Å²) in [5.74, 6) is 1.44. The van der Waals surface area contributed by atoms with E-state index in [-0.39, 0.29) is 4.41 Å². The van der Waals surface area contributed by atoms with E-state index in [1.807, 2.05) is 0 Å². The Bertz CT molecular complexity index is 737. The summed E-state index contributed by atoms with van der Waals surface area (Å²) in [7, 11) is -4.04. The molecular formula is C14H16N2O6S. The number of nitrogens with zero attached hydrogens (tertiary/aromatic N) is 1. The van der Waals surface area contributed by atoms with Crippen LogP contribution in [0.1, 0.15) is 12.5 Å². The van der Waals surface area contributed by atoms with E-state index in [2.05, 4.69) is 0 Å². The number of hydrazine groups is 1. The minimum atomic E-state index is -4.04. The smallest absolute Gasteiger partial charge is 0.345 e. The van der Waals surface area contributed by atoms with Gasteiger partial charge >= 0.3 is 11.9 Å². The highest BCUT2D eigenvalue weighted by molar-refractivity contribution is 7.89. The summed E-state index contributed by atoms with van der Waals surface area (Å²) in [5, 5.41) is 18.1. The second-order valence-electron chi connectivity index (χ2n) is 4.31. The van der Waals surface area contributed by atoms with Crippen molar-refractivity contribution >= 4 is 28.0 Å². The van der Waals surface area contributed by atoms with Gasteiger partial charge in [0, 0.05) is 0 Å². The highest BCUT2D eigenvalue weighted by Gasteiger charge is 2.28. The lowest BCUT2D eigenvalue weighted by Crippen LogP contribution is -2.39. The average Bonchev–Trinajstić information content (AvgIpc) is 2.50. The van der Waals surface area contributed by atoms with Crippen LogP contribution in [-0.2, 0) is 19.6 Å². The summed E-state index contributed by atoms with van der Waals surface area (Å²) in [4.78, 5) is 22.3. The van der Waals surface area contributed by atoms with Crippen LogP contribution in [-0.4, -0.2) is 40.7 Å². The molecule has 0 heterocycles. The Morgan fingerprint density at radius 3 is 2.13 bits per heavy atom. The van der Waals surface area contributed by atoms with Crippen LogP contribution in [0.15, 0.2) is 47.7 Å². The number of hydrogen-bond acceptors (Lipinski definition) is 5. The first kappa shape index (κ1) is 18.4. The van der Waals surface area contributed by atoms with E-state index in [9.17, 15) is 18.0 Å². The lowest BCUT2D eigenvalue weighted by molar-refractivity contribution is -0.140. The third-order valence-electron chi connectivity index (χ3n) is 2.82. The van der Waals surface area contributed by atoms with Crippen molar-refractivity contribution in [2.75, 3.05) is 5.75 Å². The van der Waals surface area contributed by atoms with Crippen LogP contribution in [0.3, 0.4) is 0 Å². The lowest BCUT2D eigenvalue weighted by Gasteiger charge is -2.19. The van der Waals surface area contributed by atoms with Crippen molar-refractivity contribution in [3.8, 4) is 0 Å². The number of carboxylic acids is 2. The monoisotopic (exact) mass is 340 g/mol. The Hall–Kier alpha value is -2.65. The highest BCUT2D eigenvalue weighted by atomic mass is 32.2. The van der Waals surface area contributed by atoms with Crippen LogP contribution in [0.5, 0.6) is 0 Å². The number of nitrogens with two attached hydrogens (primary N) is 1. The van der Waals surface area contributed by atoms with Gasteiger partial charge in [0.05, 0.1) is 11.4 Å². The van der Waals surface area contributed by atoms with E-state index < -0.39 is 39.0 Å². The van der Waals surface area contributed by atoms with E-state index in [0.717, 1.165) is 6.08 Å². The molecular weight excluding hydrogens is 324 g/mol. The minimum Gasteiger partial charge on any atom is -0.477 e. The molecule has 0 aliphatic heterocycles. The molecule has 1 aromatic rings. The van der Waals surface area contributed by atoms with Gasteiger partial charge in [-0.25, -0.2) is 28.3 Å². The standard InChI is InChI=1S/C14H16N2O6S/c1-2-23(21,22)16(15)11(12(13(17)18)14(19)20)9-8-10-6-4-3-5-7-10/h3-9H,2,15H2,1H3,(H,17,18)(H,19,20). The van der Waals surface area contributed by atoms with E-state index in [4.69, 9.17) is 16.1 Å². The van der Waals surface area contributed by atoms with Crippen molar-refractivity contribution in [3.05, 3.63) is 53.2 Å². The quantitative estimate of drug-likeness (QED) is 0.165. The third-order valence-corrected chi connectivity index (χ3v) is 4.34. The molecule has 0 amide bonds. The number of aliphatic carboxylic acids is 2. The van der Waals surface area contributed by atoms with Crippen molar-refractivity contribution in [1.82, 2.24) is 4.41 Å². The molecule has 0 atom stereocenters. The largest absolute Gasteiger partial charge is 0.477 e. The first-order chi connectivity index (χ1) is 10.7. The number of carbonyl (C=O) groups is 2. The molecule has 0 saturated heterocycles. The van der Waals surface area contributed by atoms with Crippen molar-refractivity contribution in [3.63, 3.8) is 0 Å². The molecule has 0 bridgehead atoms. The number of sulfonamides is 1. The average molecular weight is 340 g/mol. The van der Waals surface area contributed by atoms with Crippen LogP contribution < -0.4 is 5.84 Å². The summed E-state index contributed by atoms with van der Waals surface area (Å²) in [6.45, 7) is 1.30. The Labute approximate surface area is 133 Å². The number of hydrogen-bond donors (Lipinski definition) is 3. The van der Waals surface area contributed by atoms with Gasteiger partial charge in [-0.1, -0.05) is 36.4 Å². The van der Waals surface area contributed by atoms with Gasteiger partial charge < -0.3 is 10.2 Å². The summed E-state index contributed by atoms with van der Waals surface area (Å²) in [6.07, 6.45) is 2.41. The van der Waals surface area contributed by atoms with Crippen LogP contribution in [0.25, 0.3) is 6.08 Å². The molecule has 0 aliphatic carbocycles. The van der Waals surface area contributed by atoms with Crippen molar-refractivity contribution in [2.24, 2.45) is 5.84 Å². The molecule has 1 aromatic carbocycles. The predicted octanol–water partition coefficient (Wildman–Crippen LogP) is 0.649. The van der Waals surface area contributed by atoms with E-state index >= 15 is 0 Å². The zero-order chi connectivity index (χ0) is 17.6. The molecule has 0 unspecified atom stereocenters. The Morgan fingerprint density at radius 2 is 1.70 bits per heavy atom. The molecule has 8 nitrogen and oxygen atoms in total. The molecule has 0 aliphatic rings. The normalized spacial score (nSPS) is 11.2. The zero-order valence-electron chi connectivity index (χ0n) is 12.2. The number of allylic oxidation sites excluding steroid dienone is 1. The SMILES string of the molecule is CCS(=O)(=O)N(N)C(C=Cc1ccccc1)=C(C(=O)O)C(=O)O. The Morgan fingerprint density at radius 1 is 1.17 bits per heavy atom. The maximum absolute atomic E-state index is 11.8. The fourth-order valence-corrected chi connectivity index (χ4v) is 2.34. The second kappa shape index (κ2) is 7.56. The molecule has 0 radical (unpaired) electrons. The molecule has 0 aromatic heterocycles. The van der Waals surface area contributed by atoms with Crippen molar-refractivity contribution < 1.29 is 28.2 Å². The number of rotatable bonds is 7. The maximum Gasteiger partial charge on any atom is 0.345 e. The molecule has 9 heteroatoms.